The van der Waals surface area contributed by atoms with E-state index in [-0.39, 0.29) is 11.2 Å². The molecule has 0 atom stereocenters. The van der Waals surface area contributed by atoms with E-state index in [4.69, 9.17) is 0 Å². The Labute approximate surface area is 128 Å². The molecule has 0 amide bonds. The predicted molar refractivity (Wildman–Crippen MR) is 82.7 cm³/mol. The molecule has 0 aliphatic rings. The highest BCUT2D eigenvalue weighted by Crippen LogP contribution is 2.35. The lowest BCUT2D eigenvalue weighted by molar-refractivity contribution is 0.350. The van der Waals surface area contributed by atoms with Gasteiger partial charge in [-0.25, -0.2) is 4.39 Å². The number of rotatable bonds is 6. The van der Waals surface area contributed by atoms with Gasteiger partial charge in [0, 0.05) is 10.7 Å². The standard InChI is InChI=1S/C13H16Br3F/c1-2-6-13(8-14,9-15)7-10-4-3-5-11(17)12(10)16/h3-5H,2,6-9H2,1H3. The first-order chi connectivity index (χ1) is 8.08. The van der Waals surface area contributed by atoms with Crippen LogP contribution >= 0.6 is 47.8 Å². The first-order valence-corrected chi connectivity index (χ1v) is 8.67. The third-order valence-electron chi connectivity index (χ3n) is 2.94. The van der Waals surface area contributed by atoms with Gasteiger partial charge in [0.05, 0.1) is 4.47 Å². The zero-order valence-electron chi connectivity index (χ0n) is 9.78. The van der Waals surface area contributed by atoms with Crippen LogP contribution < -0.4 is 0 Å². The maximum absolute atomic E-state index is 13.5. The minimum Gasteiger partial charge on any atom is -0.206 e. The molecule has 0 radical (unpaired) electrons. The van der Waals surface area contributed by atoms with Crippen LogP contribution in [-0.4, -0.2) is 10.7 Å². The zero-order valence-corrected chi connectivity index (χ0v) is 14.5. The van der Waals surface area contributed by atoms with Crippen LogP contribution in [-0.2, 0) is 6.42 Å². The Morgan fingerprint density at radius 1 is 1.24 bits per heavy atom. The molecule has 0 fully saturated rings. The molecule has 0 N–H and O–H groups in total. The van der Waals surface area contributed by atoms with Crippen molar-refractivity contribution >= 4 is 47.8 Å². The molecule has 0 nitrogen and oxygen atoms in total. The molecular weight excluding hydrogens is 415 g/mol. The molecular formula is C13H16Br3F. The van der Waals surface area contributed by atoms with E-state index in [1.165, 1.54) is 6.07 Å². The lowest BCUT2D eigenvalue weighted by atomic mass is 9.81. The summed E-state index contributed by atoms with van der Waals surface area (Å²) in [4.78, 5) is 0. The molecule has 0 aromatic heterocycles. The molecule has 96 valence electrons. The number of alkyl halides is 2. The molecule has 0 aliphatic heterocycles. The van der Waals surface area contributed by atoms with E-state index in [1.54, 1.807) is 6.07 Å². The molecule has 1 aromatic rings. The van der Waals surface area contributed by atoms with E-state index >= 15 is 0 Å². The van der Waals surface area contributed by atoms with Crippen molar-refractivity contribution in [2.75, 3.05) is 10.7 Å². The van der Waals surface area contributed by atoms with Gasteiger partial charge in [0.15, 0.2) is 0 Å². The van der Waals surface area contributed by atoms with Gasteiger partial charge in [-0.3, -0.25) is 0 Å². The van der Waals surface area contributed by atoms with Crippen LogP contribution in [0.15, 0.2) is 22.7 Å². The molecule has 0 bridgehead atoms. The van der Waals surface area contributed by atoms with Gasteiger partial charge >= 0.3 is 0 Å². The van der Waals surface area contributed by atoms with Crippen molar-refractivity contribution in [1.82, 2.24) is 0 Å². The summed E-state index contributed by atoms with van der Waals surface area (Å²) in [6.07, 6.45) is 3.12. The second kappa shape index (κ2) is 7.25. The van der Waals surface area contributed by atoms with Gasteiger partial charge in [0.25, 0.3) is 0 Å². The first kappa shape index (κ1) is 15.6. The highest BCUT2D eigenvalue weighted by atomic mass is 79.9. The van der Waals surface area contributed by atoms with E-state index in [9.17, 15) is 4.39 Å². The fourth-order valence-electron chi connectivity index (χ4n) is 1.97. The summed E-state index contributed by atoms with van der Waals surface area (Å²) >= 11 is 10.5. The predicted octanol–water partition coefficient (Wildman–Crippen LogP) is 5.71. The van der Waals surface area contributed by atoms with Crippen LogP contribution in [0, 0.1) is 11.2 Å². The average Bonchev–Trinajstić information content (AvgIpc) is 2.34. The molecule has 0 aliphatic carbocycles. The Kier molecular flexibility index (Phi) is 6.67. The molecule has 0 saturated heterocycles. The van der Waals surface area contributed by atoms with Crippen LogP contribution in [0.1, 0.15) is 25.3 Å². The topological polar surface area (TPSA) is 0 Å². The average molecular weight is 431 g/mol. The molecule has 0 unspecified atom stereocenters. The van der Waals surface area contributed by atoms with Crippen LogP contribution in [0.3, 0.4) is 0 Å². The van der Waals surface area contributed by atoms with E-state index in [0.29, 0.717) is 4.47 Å². The monoisotopic (exact) mass is 428 g/mol. The molecule has 4 heteroatoms. The highest BCUT2D eigenvalue weighted by molar-refractivity contribution is 9.10. The van der Waals surface area contributed by atoms with Crippen molar-refractivity contribution in [3.05, 3.63) is 34.1 Å². The Morgan fingerprint density at radius 2 is 1.88 bits per heavy atom. The van der Waals surface area contributed by atoms with E-state index in [2.05, 4.69) is 54.7 Å². The number of hydrogen-bond acceptors (Lipinski definition) is 0. The summed E-state index contributed by atoms with van der Waals surface area (Å²) in [5.74, 6) is -0.183. The van der Waals surface area contributed by atoms with Crippen molar-refractivity contribution < 1.29 is 4.39 Å². The van der Waals surface area contributed by atoms with Crippen molar-refractivity contribution in [1.29, 1.82) is 0 Å². The van der Waals surface area contributed by atoms with E-state index in [1.807, 2.05) is 6.07 Å². The van der Waals surface area contributed by atoms with Gasteiger partial charge in [-0.1, -0.05) is 57.3 Å². The minimum absolute atomic E-state index is 0.158. The number of hydrogen-bond donors (Lipinski definition) is 0. The van der Waals surface area contributed by atoms with Gasteiger partial charge in [-0.15, -0.1) is 0 Å². The van der Waals surface area contributed by atoms with Crippen LogP contribution in [0.5, 0.6) is 0 Å². The fraction of sp³-hybridized carbons (Fsp3) is 0.538. The normalized spacial score (nSPS) is 11.8. The smallest absolute Gasteiger partial charge is 0.137 e. The molecule has 1 aromatic carbocycles. The molecule has 17 heavy (non-hydrogen) atoms. The summed E-state index contributed by atoms with van der Waals surface area (Å²) in [7, 11) is 0. The fourth-order valence-corrected chi connectivity index (χ4v) is 4.26. The second-order valence-electron chi connectivity index (χ2n) is 4.41. The first-order valence-electron chi connectivity index (χ1n) is 5.63. The third kappa shape index (κ3) is 4.03. The van der Waals surface area contributed by atoms with Gasteiger partial charge < -0.3 is 0 Å². The van der Waals surface area contributed by atoms with E-state index in [0.717, 1.165) is 35.5 Å². The van der Waals surface area contributed by atoms with Gasteiger partial charge in [-0.05, 0) is 45.8 Å². The molecule has 0 heterocycles. The number of benzene rings is 1. The zero-order chi connectivity index (χ0) is 12.9. The van der Waals surface area contributed by atoms with Gasteiger partial charge in [-0.2, -0.15) is 0 Å². The summed E-state index contributed by atoms with van der Waals surface area (Å²) in [6, 6.07) is 5.24. The summed E-state index contributed by atoms with van der Waals surface area (Å²) < 4.78 is 14.1. The van der Waals surface area contributed by atoms with Crippen LogP contribution in [0.25, 0.3) is 0 Å². The number of halogens is 4. The second-order valence-corrected chi connectivity index (χ2v) is 6.32. The van der Waals surface area contributed by atoms with E-state index < -0.39 is 0 Å². The third-order valence-corrected chi connectivity index (χ3v) is 6.21. The SMILES string of the molecule is CCCC(CBr)(CBr)Cc1cccc(F)c1Br. The Bertz CT molecular complexity index is 362. The van der Waals surface area contributed by atoms with Crippen molar-refractivity contribution in [2.45, 2.75) is 26.2 Å². The van der Waals surface area contributed by atoms with Crippen molar-refractivity contribution in [3.8, 4) is 0 Å². The maximum Gasteiger partial charge on any atom is 0.137 e. The van der Waals surface area contributed by atoms with Crippen LogP contribution in [0.4, 0.5) is 4.39 Å². The molecule has 1 rings (SSSR count). The maximum atomic E-state index is 13.5. The minimum atomic E-state index is -0.183. The quantitative estimate of drug-likeness (QED) is 0.507. The summed E-state index contributed by atoms with van der Waals surface area (Å²) in [5, 5.41) is 1.84. The lowest BCUT2D eigenvalue weighted by Crippen LogP contribution is -2.27. The Morgan fingerprint density at radius 3 is 2.41 bits per heavy atom. The lowest BCUT2D eigenvalue weighted by Gasteiger charge is -2.30. The Balaban J connectivity index is 2.97. The highest BCUT2D eigenvalue weighted by Gasteiger charge is 2.28. The summed E-state index contributed by atoms with van der Waals surface area (Å²) in [5.41, 5.74) is 1.20. The summed E-state index contributed by atoms with van der Waals surface area (Å²) in [6.45, 7) is 2.18. The molecule has 0 spiro atoms. The largest absolute Gasteiger partial charge is 0.206 e. The molecule has 0 saturated carbocycles. The van der Waals surface area contributed by atoms with Crippen molar-refractivity contribution in [2.24, 2.45) is 5.41 Å². The Hall–Kier alpha value is 0.590. The van der Waals surface area contributed by atoms with Gasteiger partial charge in [0.2, 0.25) is 0 Å². The van der Waals surface area contributed by atoms with Gasteiger partial charge in [0.1, 0.15) is 5.82 Å². The van der Waals surface area contributed by atoms with Crippen LogP contribution in [0.2, 0.25) is 0 Å². The van der Waals surface area contributed by atoms with Crippen molar-refractivity contribution in [3.63, 3.8) is 0 Å².